The van der Waals surface area contributed by atoms with E-state index in [2.05, 4.69) is 30.7 Å². The van der Waals surface area contributed by atoms with Crippen LogP contribution in [0, 0.1) is 5.92 Å². The first-order chi connectivity index (χ1) is 34.4. The van der Waals surface area contributed by atoms with E-state index in [1.807, 2.05) is 105 Å². The number of rotatable bonds is 17. The molecule has 0 aliphatic heterocycles. The Balaban J connectivity index is 0. The number of benzene rings is 3. The number of amides is 4. The van der Waals surface area contributed by atoms with Crippen molar-refractivity contribution in [3.05, 3.63) is 108 Å². The molecule has 418 valence electrons. The van der Waals surface area contributed by atoms with Crippen molar-refractivity contribution in [2.24, 2.45) is 11.7 Å². The number of esters is 4. The Bertz CT molecular complexity index is 2200. The molecule has 0 aromatic heterocycles. The van der Waals surface area contributed by atoms with Gasteiger partial charge in [-0.25, -0.2) is 24.0 Å². The highest BCUT2D eigenvalue weighted by Gasteiger charge is 2.29. The summed E-state index contributed by atoms with van der Waals surface area (Å²) in [5.74, 6) is -3.85. The van der Waals surface area contributed by atoms with E-state index in [9.17, 15) is 43.2 Å². The zero-order valence-electron chi connectivity index (χ0n) is 44.9. The van der Waals surface area contributed by atoms with Gasteiger partial charge in [-0.05, 0) is 84.9 Å². The number of hydrogen-bond acceptors (Lipinski definition) is 16. The minimum atomic E-state index is -1.09. The lowest BCUT2D eigenvalue weighted by Gasteiger charge is -2.23. The minimum absolute atomic E-state index is 0. The average Bonchev–Trinajstić information content (AvgIpc) is 3.29. The summed E-state index contributed by atoms with van der Waals surface area (Å²) in [4.78, 5) is 104. The molecule has 3 atom stereocenters. The number of alkyl carbamates (subject to hydrolysis) is 3. The smallest absolute Gasteiger partial charge is 0.408 e. The van der Waals surface area contributed by atoms with Crippen LogP contribution < -0.4 is 27.0 Å². The molecule has 0 aliphatic carbocycles. The Kier molecular flexibility index (Phi) is 33.0. The maximum absolute atomic E-state index is 12.3. The first kappa shape index (κ1) is 69.5. The molecular weight excluding hydrogens is 975 g/mol. The zero-order chi connectivity index (χ0) is 56.7. The van der Waals surface area contributed by atoms with E-state index in [1.165, 1.54) is 14.2 Å². The Labute approximate surface area is 441 Å². The van der Waals surface area contributed by atoms with Gasteiger partial charge in [0, 0.05) is 25.7 Å². The lowest BCUT2D eigenvalue weighted by atomic mass is 10.1. The molecule has 0 saturated carbocycles. The van der Waals surface area contributed by atoms with E-state index in [0.29, 0.717) is 0 Å². The first-order valence-electron chi connectivity index (χ1n) is 23.6. The van der Waals surface area contributed by atoms with Gasteiger partial charge in [-0.15, -0.1) is 0 Å². The van der Waals surface area contributed by atoms with Gasteiger partial charge in [0.15, 0.2) is 0 Å². The third kappa shape index (κ3) is 36.9. The van der Waals surface area contributed by atoms with Crippen molar-refractivity contribution in [3.63, 3.8) is 0 Å². The molecule has 0 aliphatic rings. The maximum Gasteiger partial charge on any atom is 0.408 e. The van der Waals surface area contributed by atoms with Gasteiger partial charge in [0.1, 0.15) is 41.5 Å². The summed E-state index contributed by atoms with van der Waals surface area (Å²) in [5.41, 5.74) is 5.32. The SMILES string of the molecule is C.CC(C)(C)OC(=O)NC(Cc1ccccc1)C(=O)O.CC(C)CC(=O)OC(=O)C(Cc1ccccc1)NC(=O)OC(C)(C)C.COC(=O)CN.COC(=O)CNC(=O)C(Cc1ccccc1)NC(=O)OC(C)(C)C. The standard InChI is InChI=1S/C19H27NO5.C17H24N2O5.C14H19NO4.C3H7NO2.CH4/c1-13(2)11-16(21)24-17(22)15(12-14-9-7-6-8-10-14)20-18(23)25-19(3,4)5;1-17(2,3)24-16(22)19-13(10-12-8-6-5-7-9-12)15(21)18-11-14(20)23-4;1-14(2,3)19-13(18)15-11(12(16)17)9-10-7-5-4-6-8-10;1-6-3(5)2-4;/h6-10,13,15H,11-12H2,1-5H3,(H,20,23);5-9,13H,10-11H2,1-4H3,(H,18,21)(H,19,22);4-8,11H,9H2,1-3H3,(H,15,18)(H,16,17);2,4H2,1H3;1H4. The van der Waals surface area contributed by atoms with E-state index >= 15 is 0 Å². The van der Waals surface area contributed by atoms with Crippen LogP contribution in [0.4, 0.5) is 14.4 Å². The summed E-state index contributed by atoms with van der Waals surface area (Å²) >= 11 is 0. The van der Waals surface area contributed by atoms with Crippen molar-refractivity contribution >= 4 is 54.0 Å². The van der Waals surface area contributed by atoms with Gasteiger partial charge in [0.05, 0.1) is 20.8 Å². The molecule has 3 rings (SSSR count). The molecule has 75 heavy (non-hydrogen) atoms. The number of nitrogens with two attached hydrogens (primary N) is 1. The van der Waals surface area contributed by atoms with Gasteiger partial charge in [-0.1, -0.05) is 112 Å². The van der Waals surface area contributed by atoms with Crippen molar-refractivity contribution in [1.82, 2.24) is 21.3 Å². The van der Waals surface area contributed by atoms with Crippen LogP contribution in [-0.2, 0) is 76.5 Å². The zero-order valence-corrected chi connectivity index (χ0v) is 44.9. The number of hydrogen-bond donors (Lipinski definition) is 6. The normalized spacial score (nSPS) is 11.8. The maximum atomic E-state index is 12.3. The van der Waals surface area contributed by atoms with Gasteiger partial charge >= 0.3 is 48.1 Å². The molecule has 0 bridgehead atoms. The van der Waals surface area contributed by atoms with Crippen molar-refractivity contribution in [2.45, 2.75) is 144 Å². The quantitative estimate of drug-likeness (QED) is 0.0471. The molecule has 3 aromatic carbocycles. The third-order valence-corrected chi connectivity index (χ3v) is 8.64. The van der Waals surface area contributed by atoms with Crippen molar-refractivity contribution in [2.75, 3.05) is 27.3 Å². The van der Waals surface area contributed by atoms with Crippen molar-refractivity contribution in [1.29, 1.82) is 0 Å². The van der Waals surface area contributed by atoms with Crippen molar-refractivity contribution in [3.8, 4) is 0 Å². The molecule has 21 nitrogen and oxygen atoms in total. The molecule has 0 saturated heterocycles. The molecule has 0 spiro atoms. The average molecular weight is 1060 g/mol. The van der Waals surface area contributed by atoms with E-state index in [-0.39, 0.29) is 58.1 Å². The fourth-order valence-electron chi connectivity index (χ4n) is 5.50. The second-order valence-electron chi connectivity index (χ2n) is 19.5. The molecule has 3 unspecified atom stereocenters. The summed E-state index contributed by atoms with van der Waals surface area (Å²) in [7, 11) is 2.53. The predicted molar refractivity (Wildman–Crippen MR) is 281 cm³/mol. The minimum Gasteiger partial charge on any atom is -0.480 e. The van der Waals surface area contributed by atoms with E-state index in [4.69, 9.17) is 29.8 Å². The second-order valence-corrected chi connectivity index (χ2v) is 19.5. The van der Waals surface area contributed by atoms with Gasteiger partial charge in [-0.2, -0.15) is 0 Å². The van der Waals surface area contributed by atoms with E-state index < -0.39 is 83.0 Å². The fraction of sp³-hybridized carbons (Fsp3) is 0.500. The van der Waals surface area contributed by atoms with E-state index in [0.717, 1.165) is 16.7 Å². The fourth-order valence-corrected chi connectivity index (χ4v) is 5.50. The van der Waals surface area contributed by atoms with Crippen molar-refractivity contribution < 1.29 is 76.7 Å². The number of methoxy groups -OCH3 is 2. The number of nitrogens with one attached hydrogen (secondary N) is 4. The number of carboxylic acids is 1. The largest absolute Gasteiger partial charge is 0.480 e. The highest BCUT2D eigenvalue weighted by molar-refractivity contribution is 5.91. The lowest BCUT2D eigenvalue weighted by Crippen LogP contribution is -2.50. The monoisotopic (exact) mass is 1060 g/mol. The van der Waals surface area contributed by atoms with Crippen LogP contribution in [0.2, 0.25) is 0 Å². The van der Waals surface area contributed by atoms with Crippen LogP contribution in [-0.4, -0.2) is 121 Å². The Hall–Kier alpha value is -7.55. The molecule has 0 fully saturated rings. The summed E-state index contributed by atoms with van der Waals surface area (Å²) in [6.45, 7) is 18.9. The van der Waals surface area contributed by atoms with Crippen LogP contribution in [0.1, 0.15) is 107 Å². The van der Waals surface area contributed by atoms with Crippen LogP contribution in [0.3, 0.4) is 0 Å². The number of carboxylic acid groups (broad SMARTS) is 1. The highest BCUT2D eigenvalue weighted by Crippen LogP contribution is 2.13. The van der Waals surface area contributed by atoms with Crippen LogP contribution in [0.5, 0.6) is 0 Å². The molecular formula is C54H81N5O16. The third-order valence-electron chi connectivity index (χ3n) is 8.64. The number of carbonyl (C=O) groups is 9. The van der Waals surface area contributed by atoms with E-state index in [1.54, 1.807) is 62.3 Å². The van der Waals surface area contributed by atoms with Gasteiger partial charge in [-0.3, -0.25) is 19.2 Å². The van der Waals surface area contributed by atoms with Crippen LogP contribution in [0.15, 0.2) is 91.0 Å². The first-order valence-corrected chi connectivity index (χ1v) is 23.6. The topological polar surface area (TPSA) is 303 Å². The highest BCUT2D eigenvalue weighted by atomic mass is 16.6. The summed E-state index contributed by atoms with van der Waals surface area (Å²) < 4.78 is 28.9. The Morgan fingerprint density at radius 3 is 1.16 bits per heavy atom. The number of aliphatic carboxylic acids is 1. The van der Waals surface area contributed by atoms with Gasteiger partial charge < -0.3 is 60.5 Å². The number of carbonyl (C=O) groups excluding carboxylic acids is 8. The summed E-state index contributed by atoms with van der Waals surface area (Å²) in [6.07, 6.45) is -1.33. The van der Waals surface area contributed by atoms with Crippen LogP contribution in [0.25, 0.3) is 0 Å². The summed E-state index contributed by atoms with van der Waals surface area (Å²) in [5, 5.41) is 18.9. The molecule has 3 aromatic rings. The molecule has 4 amide bonds. The molecule has 0 heterocycles. The molecule has 21 heteroatoms. The van der Waals surface area contributed by atoms with Gasteiger partial charge in [0.2, 0.25) is 5.91 Å². The van der Waals surface area contributed by atoms with Crippen LogP contribution >= 0.6 is 0 Å². The Morgan fingerprint density at radius 2 is 0.853 bits per heavy atom. The lowest BCUT2D eigenvalue weighted by molar-refractivity contribution is -0.161. The molecule has 0 radical (unpaired) electrons. The molecule has 7 N–H and O–H groups in total. The Morgan fingerprint density at radius 1 is 0.520 bits per heavy atom. The predicted octanol–water partition coefficient (Wildman–Crippen LogP) is 6.61. The van der Waals surface area contributed by atoms with Gasteiger partial charge in [0.25, 0.3) is 0 Å². The second kappa shape index (κ2) is 35.6. The number of ether oxygens (including phenoxy) is 6. The summed E-state index contributed by atoms with van der Waals surface area (Å²) in [6, 6.07) is 24.6.